The van der Waals surface area contributed by atoms with E-state index in [1.165, 1.54) is 0 Å². The number of carboxylic acid groups (broad SMARTS) is 1. The first-order valence-electron chi connectivity index (χ1n) is 11.2. The second kappa shape index (κ2) is 10.8. The first-order valence-corrected chi connectivity index (χ1v) is 11.2. The monoisotopic (exact) mass is 492 g/mol. The van der Waals surface area contributed by atoms with Gasteiger partial charge in [-0.05, 0) is 28.2 Å². The Morgan fingerprint density at radius 3 is 1.97 bits per heavy atom. The predicted octanol–water partition coefficient (Wildman–Crippen LogP) is 4.46. The smallest absolute Gasteiger partial charge is 0.409 e. The van der Waals surface area contributed by atoms with Gasteiger partial charge in [-0.2, -0.15) is 13.2 Å². The van der Waals surface area contributed by atoms with Crippen molar-refractivity contribution in [2.75, 3.05) is 6.61 Å². The zero-order valence-corrected chi connectivity index (χ0v) is 19.3. The van der Waals surface area contributed by atoms with Gasteiger partial charge in [-0.25, -0.2) is 4.79 Å². The van der Waals surface area contributed by atoms with Crippen molar-refractivity contribution in [2.45, 2.75) is 50.9 Å². The molecule has 0 heterocycles. The Kier molecular flexibility index (Phi) is 8.03. The fourth-order valence-corrected chi connectivity index (χ4v) is 4.12. The first-order chi connectivity index (χ1) is 16.5. The lowest BCUT2D eigenvalue weighted by Crippen LogP contribution is -2.49. The van der Waals surface area contributed by atoms with Crippen LogP contribution in [0.15, 0.2) is 48.5 Å². The van der Waals surface area contributed by atoms with E-state index in [2.05, 4.69) is 5.32 Å². The summed E-state index contributed by atoms with van der Waals surface area (Å²) in [5.41, 5.74) is 4.18. The number of carbonyl (C=O) groups is 3. The fraction of sp³-hybridized carbons (Fsp3) is 0.400. The van der Waals surface area contributed by atoms with Crippen molar-refractivity contribution in [1.82, 2.24) is 10.6 Å². The molecule has 7 nitrogen and oxygen atoms in total. The number of amides is 2. The normalized spacial score (nSPS) is 14.6. The number of aliphatic carboxylic acids is 1. The molecule has 0 fully saturated rings. The number of rotatable bonds is 9. The molecule has 0 aliphatic heterocycles. The van der Waals surface area contributed by atoms with Crippen LogP contribution in [0.25, 0.3) is 11.1 Å². The van der Waals surface area contributed by atoms with Crippen LogP contribution in [-0.4, -0.2) is 47.9 Å². The lowest BCUT2D eigenvalue weighted by atomic mass is 9.98. The Balaban J connectivity index is 1.61. The molecule has 0 saturated heterocycles. The van der Waals surface area contributed by atoms with Crippen molar-refractivity contribution < 1.29 is 37.4 Å². The first kappa shape index (κ1) is 26.1. The molecule has 0 spiro atoms. The summed E-state index contributed by atoms with van der Waals surface area (Å²) in [6.07, 6.45) is -7.46. The molecule has 3 rings (SSSR count). The van der Waals surface area contributed by atoms with Gasteiger partial charge in [-0.3, -0.25) is 9.59 Å². The van der Waals surface area contributed by atoms with Gasteiger partial charge in [0.25, 0.3) is 0 Å². The summed E-state index contributed by atoms with van der Waals surface area (Å²) in [4.78, 5) is 35.5. The summed E-state index contributed by atoms with van der Waals surface area (Å²) < 4.78 is 44.6. The molecule has 0 radical (unpaired) electrons. The number of hydrogen-bond donors (Lipinski definition) is 3. The summed E-state index contributed by atoms with van der Waals surface area (Å²) in [7, 11) is 0. The molecule has 35 heavy (non-hydrogen) atoms. The largest absolute Gasteiger partial charge is 0.481 e. The van der Waals surface area contributed by atoms with Crippen molar-refractivity contribution in [3.8, 4) is 11.1 Å². The van der Waals surface area contributed by atoms with Crippen LogP contribution in [0.5, 0.6) is 0 Å². The molecule has 2 aromatic rings. The lowest BCUT2D eigenvalue weighted by molar-refractivity contribution is -0.170. The SMILES string of the molecule is CC(C)C(CC(=O)NC(CC(=O)O)C(F)(F)F)NC(=O)OCC1c2ccccc2-c2ccccc21. The van der Waals surface area contributed by atoms with Gasteiger partial charge < -0.3 is 20.5 Å². The van der Waals surface area contributed by atoms with Gasteiger partial charge in [0.1, 0.15) is 12.6 Å². The van der Waals surface area contributed by atoms with Crippen LogP contribution in [-0.2, 0) is 14.3 Å². The van der Waals surface area contributed by atoms with E-state index in [9.17, 15) is 27.6 Å². The van der Waals surface area contributed by atoms with Gasteiger partial charge >= 0.3 is 18.2 Å². The Hall–Kier alpha value is -3.56. The third-order valence-electron chi connectivity index (χ3n) is 5.97. The van der Waals surface area contributed by atoms with Crippen LogP contribution in [0.1, 0.15) is 43.7 Å². The topological polar surface area (TPSA) is 105 Å². The van der Waals surface area contributed by atoms with E-state index in [0.717, 1.165) is 22.3 Å². The number of fused-ring (bicyclic) bond motifs is 3. The number of alkyl halides is 3. The molecule has 2 aromatic carbocycles. The molecule has 1 aliphatic rings. The molecule has 10 heteroatoms. The van der Waals surface area contributed by atoms with Gasteiger partial charge in [0.15, 0.2) is 0 Å². The van der Waals surface area contributed by atoms with Crippen LogP contribution in [0.3, 0.4) is 0 Å². The number of carboxylic acids is 1. The number of benzene rings is 2. The van der Waals surface area contributed by atoms with Gasteiger partial charge in [-0.15, -0.1) is 0 Å². The Morgan fingerprint density at radius 1 is 0.943 bits per heavy atom. The number of halogens is 3. The van der Waals surface area contributed by atoms with Crippen molar-refractivity contribution in [3.63, 3.8) is 0 Å². The van der Waals surface area contributed by atoms with Crippen LogP contribution in [0.2, 0.25) is 0 Å². The highest BCUT2D eigenvalue weighted by Gasteiger charge is 2.42. The molecule has 0 saturated carbocycles. The second-order valence-electron chi connectivity index (χ2n) is 8.78. The van der Waals surface area contributed by atoms with E-state index in [4.69, 9.17) is 9.84 Å². The highest BCUT2D eigenvalue weighted by Crippen LogP contribution is 2.44. The molecule has 2 amide bonds. The molecule has 2 unspecified atom stereocenters. The molecule has 2 atom stereocenters. The molecular weight excluding hydrogens is 465 g/mol. The molecule has 0 bridgehead atoms. The number of ether oxygens (including phenoxy) is 1. The second-order valence-corrected chi connectivity index (χ2v) is 8.78. The van der Waals surface area contributed by atoms with E-state index < -0.39 is 49.1 Å². The van der Waals surface area contributed by atoms with E-state index in [0.29, 0.717) is 0 Å². The number of hydrogen-bond acceptors (Lipinski definition) is 4. The van der Waals surface area contributed by atoms with Crippen molar-refractivity contribution >= 4 is 18.0 Å². The lowest BCUT2D eigenvalue weighted by Gasteiger charge is -2.25. The van der Waals surface area contributed by atoms with Crippen LogP contribution in [0.4, 0.5) is 18.0 Å². The average Bonchev–Trinajstić information content (AvgIpc) is 3.09. The van der Waals surface area contributed by atoms with Crippen molar-refractivity contribution in [3.05, 3.63) is 59.7 Å². The minimum atomic E-state index is -4.92. The summed E-state index contributed by atoms with van der Waals surface area (Å²) in [5.74, 6) is -3.18. The summed E-state index contributed by atoms with van der Waals surface area (Å²) in [6, 6.07) is 12.3. The van der Waals surface area contributed by atoms with Gasteiger partial charge in [0.05, 0.1) is 6.42 Å². The Labute approximate surface area is 200 Å². The molecule has 188 valence electrons. The summed E-state index contributed by atoms with van der Waals surface area (Å²) in [6.45, 7) is 3.44. The number of nitrogens with one attached hydrogen (secondary N) is 2. The van der Waals surface area contributed by atoms with Gasteiger partial charge in [0, 0.05) is 18.4 Å². The molecule has 0 aromatic heterocycles. The quantitative estimate of drug-likeness (QED) is 0.479. The highest BCUT2D eigenvalue weighted by atomic mass is 19.4. The Bertz CT molecular complexity index is 1040. The van der Waals surface area contributed by atoms with E-state index in [-0.39, 0.29) is 18.4 Å². The summed E-state index contributed by atoms with van der Waals surface area (Å²) >= 11 is 0. The summed E-state index contributed by atoms with van der Waals surface area (Å²) in [5, 5.41) is 13.0. The minimum absolute atomic E-state index is 0.0473. The zero-order valence-electron chi connectivity index (χ0n) is 19.3. The maximum atomic E-state index is 13.0. The zero-order chi connectivity index (χ0) is 25.8. The average molecular weight is 492 g/mol. The molecule has 3 N–H and O–H groups in total. The van der Waals surface area contributed by atoms with Crippen LogP contribution in [0, 0.1) is 5.92 Å². The van der Waals surface area contributed by atoms with Crippen LogP contribution >= 0.6 is 0 Å². The van der Waals surface area contributed by atoms with Gasteiger partial charge in [-0.1, -0.05) is 62.4 Å². The molecular formula is C25H27F3N2O5. The van der Waals surface area contributed by atoms with E-state index in [1.54, 1.807) is 19.2 Å². The highest BCUT2D eigenvalue weighted by molar-refractivity contribution is 5.80. The fourth-order valence-electron chi connectivity index (χ4n) is 4.12. The standard InChI is InChI=1S/C25H27F3N2O5/c1-14(2)20(11-22(31)30-21(12-23(32)33)25(26,27)28)29-24(34)35-13-19-17-9-5-3-7-15(17)16-8-4-6-10-18(16)19/h3-10,14,19-21H,11-13H2,1-2H3,(H,29,34)(H,30,31)(H,32,33). The van der Waals surface area contributed by atoms with Crippen molar-refractivity contribution in [1.29, 1.82) is 0 Å². The maximum Gasteiger partial charge on any atom is 0.409 e. The maximum absolute atomic E-state index is 13.0. The minimum Gasteiger partial charge on any atom is -0.481 e. The number of carbonyl (C=O) groups excluding carboxylic acids is 2. The van der Waals surface area contributed by atoms with E-state index in [1.807, 2.05) is 48.5 Å². The molecule has 1 aliphatic carbocycles. The van der Waals surface area contributed by atoms with Crippen LogP contribution < -0.4 is 10.6 Å². The Morgan fingerprint density at radius 2 is 1.49 bits per heavy atom. The number of alkyl carbamates (subject to hydrolysis) is 1. The third kappa shape index (κ3) is 6.52. The predicted molar refractivity (Wildman–Crippen MR) is 122 cm³/mol. The van der Waals surface area contributed by atoms with E-state index >= 15 is 0 Å². The van der Waals surface area contributed by atoms with Gasteiger partial charge in [0.2, 0.25) is 5.91 Å². The third-order valence-corrected chi connectivity index (χ3v) is 5.97. The van der Waals surface area contributed by atoms with Crippen molar-refractivity contribution in [2.24, 2.45) is 5.92 Å².